The van der Waals surface area contributed by atoms with E-state index in [9.17, 15) is 9.59 Å². The van der Waals surface area contributed by atoms with Crippen LogP contribution in [0.3, 0.4) is 0 Å². The lowest BCUT2D eigenvalue weighted by atomic mass is 10.1. The van der Waals surface area contributed by atoms with Crippen LogP contribution in [0.4, 0.5) is 0 Å². The number of para-hydroxylation sites is 1. The Morgan fingerprint density at radius 1 is 0.897 bits per heavy atom. The molecular formula is C23H17N3O3. The highest BCUT2D eigenvalue weighted by Gasteiger charge is 2.15. The van der Waals surface area contributed by atoms with E-state index in [1.54, 1.807) is 40.8 Å². The number of hydrogen-bond donors (Lipinski definition) is 0. The molecule has 142 valence electrons. The molecule has 0 aliphatic rings. The summed E-state index contributed by atoms with van der Waals surface area (Å²) in [5.74, 6) is 0.685. The summed E-state index contributed by atoms with van der Waals surface area (Å²) in [7, 11) is 0. The minimum atomic E-state index is -0.200. The third-order valence-electron chi connectivity index (χ3n) is 5.10. The minimum absolute atomic E-state index is 0.194. The molecule has 6 heteroatoms. The van der Waals surface area contributed by atoms with E-state index in [0.29, 0.717) is 39.7 Å². The van der Waals surface area contributed by atoms with E-state index in [2.05, 4.69) is 4.98 Å². The lowest BCUT2D eigenvalue weighted by molar-refractivity contribution is 0.490. The van der Waals surface area contributed by atoms with Crippen LogP contribution in [0.15, 0.2) is 87.3 Å². The van der Waals surface area contributed by atoms with Crippen molar-refractivity contribution in [2.45, 2.75) is 13.5 Å². The van der Waals surface area contributed by atoms with E-state index in [0.717, 1.165) is 5.69 Å². The van der Waals surface area contributed by atoms with Gasteiger partial charge in [-0.2, -0.15) is 0 Å². The molecule has 1 aromatic carbocycles. The van der Waals surface area contributed by atoms with Crippen molar-refractivity contribution in [3.05, 3.63) is 105 Å². The number of rotatable bonds is 3. The molecule has 0 amide bonds. The summed E-state index contributed by atoms with van der Waals surface area (Å²) in [4.78, 5) is 31.0. The third-order valence-corrected chi connectivity index (χ3v) is 5.10. The molecule has 0 saturated heterocycles. The molecule has 0 spiro atoms. The van der Waals surface area contributed by atoms with Crippen molar-refractivity contribution in [2.75, 3.05) is 0 Å². The second kappa shape index (κ2) is 6.60. The molecule has 29 heavy (non-hydrogen) atoms. The summed E-state index contributed by atoms with van der Waals surface area (Å²) in [5, 5.41) is 1.51. The van der Waals surface area contributed by atoms with Gasteiger partial charge < -0.3 is 8.98 Å². The Kier molecular flexibility index (Phi) is 3.91. The van der Waals surface area contributed by atoms with Crippen LogP contribution in [0, 0.1) is 6.92 Å². The first-order valence-electron chi connectivity index (χ1n) is 9.26. The minimum Gasteiger partial charge on any atom is -0.467 e. The maximum Gasteiger partial charge on any atom is 0.265 e. The molecular weight excluding hydrogens is 366 g/mol. The summed E-state index contributed by atoms with van der Waals surface area (Å²) in [6, 6.07) is 16.6. The van der Waals surface area contributed by atoms with Crippen LogP contribution in [0.25, 0.3) is 27.4 Å². The highest BCUT2D eigenvalue weighted by atomic mass is 16.3. The maximum absolute atomic E-state index is 13.3. The molecule has 6 nitrogen and oxygen atoms in total. The van der Waals surface area contributed by atoms with E-state index in [4.69, 9.17) is 4.42 Å². The predicted octanol–water partition coefficient (Wildman–Crippen LogP) is 3.65. The van der Waals surface area contributed by atoms with Crippen LogP contribution in [0.2, 0.25) is 0 Å². The van der Waals surface area contributed by atoms with E-state index in [1.165, 1.54) is 0 Å². The number of pyridine rings is 3. The zero-order chi connectivity index (χ0) is 20.0. The largest absolute Gasteiger partial charge is 0.467 e. The van der Waals surface area contributed by atoms with Crippen LogP contribution in [-0.4, -0.2) is 14.1 Å². The van der Waals surface area contributed by atoms with Crippen molar-refractivity contribution in [1.29, 1.82) is 0 Å². The molecule has 0 aliphatic carbocycles. The molecule has 0 aliphatic heterocycles. The average molecular weight is 383 g/mol. The van der Waals surface area contributed by atoms with Gasteiger partial charge in [-0.25, -0.2) is 0 Å². The zero-order valence-corrected chi connectivity index (χ0v) is 15.7. The van der Waals surface area contributed by atoms with E-state index < -0.39 is 0 Å². The molecule has 0 atom stereocenters. The molecule has 0 N–H and O–H groups in total. The van der Waals surface area contributed by atoms with E-state index in [1.807, 2.05) is 48.5 Å². The Balaban J connectivity index is 1.80. The first kappa shape index (κ1) is 17.2. The molecule has 5 aromatic rings. The van der Waals surface area contributed by atoms with Crippen LogP contribution >= 0.6 is 0 Å². The van der Waals surface area contributed by atoms with Gasteiger partial charge in [-0.1, -0.05) is 18.2 Å². The summed E-state index contributed by atoms with van der Waals surface area (Å²) in [6.45, 7) is 2.12. The highest BCUT2D eigenvalue weighted by molar-refractivity contribution is 6.05. The Hall–Kier alpha value is -3.93. The second-order valence-corrected chi connectivity index (χ2v) is 6.90. The highest BCUT2D eigenvalue weighted by Crippen LogP contribution is 2.22. The Morgan fingerprint density at radius 2 is 1.72 bits per heavy atom. The normalized spacial score (nSPS) is 11.3. The first-order valence-corrected chi connectivity index (χ1v) is 9.26. The predicted molar refractivity (Wildman–Crippen MR) is 112 cm³/mol. The van der Waals surface area contributed by atoms with Gasteiger partial charge in [0.05, 0.1) is 34.8 Å². The number of benzene rings is 1. The van der Waals surface area contributed by atoms with E-state index in [-0.39, 0.29) is 11.1 Å². The number of hydrogen-bond acceptors (Lipinski definition) is 4. The van der Waals surface area contributed by atoms with Gasteiger partial charge in [0, 0.05) is 23.5 Å². The standard InChI is InChI=1S/C23H17N3O3/c1-15-20-18(9-11-25(22(20)27)14-17-8-5-13-29-17)21-19(24-15)10-12-26(23(21)28)16-6-3-2-4-7-16/h2-13H,14H2,1H3. The van der Waals surface area contributed by atoms with Gasteiger partial charge in [-0.3, -0.25) is 19.1 Å². The first-order chi connectivity index (χ1) is 14.1. The molecule has 0 radical (unpaired) electrons. The van der Waals surface area contributed by atoms with Crippen LogP contribution < -0.4 is 11.1 Å². The molecule has 4 aromatic heterocycles. The van der Waals surface area contributed by atoms with Gasteiger partial charge in [0.15, 0.2) is 0 Å². The topological polar surface area (TPSA) is 70.0 Å². The van der Waals surface area contributed by atoms with Crippen molar-refractivity contribution in [3.8, 4) is 5.69 Å². The van der Waals surface area contributed by atoms with Crippen LogP contribution in [0.1, 0.15) is 11.5 Å². The Bertz CT molecular complexity index is 1460. The number of fused-ring (bicyclic) bond motifs is 3. The van der Waals surface area contributed by atoms with Gasteiger partial charge >= 0.3 is 0 Å². The molecule has 0 unspecified atom stereocenters. The van der Waals surface area contributed by atoms with E-state index >= 15 is 0 Å². The lowest BCUT2D eigenvalue weighted by Gasteiger charge is -2.12. The summed E-state index contributed by atoms with van der Waals surface area (Å²) >= 11 is 0. The molecule has 4 heterocycles. The summed E-state index contributed by atoms with van der Waals surface area (Å²) < 4.78 is 8.51. The third kappa shape index (κ3) is 2.77. The zero-order valence-electron chi connectivity index (χ0n) is 15.7. The number of aryl methyl sites for hydroxylation is 1. The molecule has 0 fully saturated rings. The lowest BCUT2D eigenvalue weighted by Crippen LogP contribution is -2.23. The quantitative estimate of drug-likeness (QED) is 0.446. The van der Waals surface area contributed by atoms with Crippen LogP contribution in [0.5, 0.6) is 0 Å². The van der Waals surface area contributed by atoms with Gasteiger partial charge in [0.1, 0.15) is 5.76 Å². The summed E-state index contributed by atoms with van der Waals surface area (Å²) in [6.07, 6.45) is 5.00. The number of nitrogens with zero attached hydrogens (tertiary/aromatic N) is 3. The van der Waals surface area contributed by atoms with Gasteiger partial charge in [-0.15, -0.1) is 0 Å². The second-order valence-electron chi connectivity index (χ2n) is 6.90. The fourth-order valence-corrected chi connectivity index (χ4v) is 3.73. The monoisotopic (exact) mass is 383 g/mol. The average Bonchev–Trinajstić information content (AvgIpc) is 3.24. The van der Waals surface area contributed by atoms with Crippen molar-refractivity contribution < 1.29 is 4.42 Å². The smallest absolute Gasteiger partial charge is 0.265 e. The number of aromatic nitrogens is 3. The Labute approximate surface area is 165 Å². The fourth-order valence-electron chi connectivity index (χ4n) is 3.73. The van der Waals surface area contributed by atoms with Crippen molar-refractivity contribution in [3.63, 3.8) is 0 Å². The van der Waals surface area contributed by atoms with Crippen molar-refractivity contribution in [1.82, 2.24) is 14.1 Å². The van der Waals surface area contributed by atoms with Crippen molar-refractivity contribution >= 4 is 21.7 Å². The van der Waals surface area contributed by atoms with Crippen LogP contribution in [-0.2, 0) is 6.54 Å². The van der Waals surface area contributed by atoms with Crippen molar-refractivity contribution in [2.24, 2.45) is 0 Å². The Morgan fingerprint density at radius 3 is 2.48 bits per heavy atom. The number of furan rings is 1. The SMILES string of the molecule is Cc1nc2ccn(-c3ccccc3)c(=O)c2c2ccn(Cc3ccco3)c(=O)c12. The van der Waals surface area contributed by atoms with Gasteiger partial charge in [-0.05, 0) is 43.3 Å². The molecule has 0 bridgehead atoms. The fraction of sp³-hybridized carbons (Fsp3) is 0.0870. The molecule has 0 saturated carbocycles. The van der Waals surface area contributed by atoms with Gasteiger partial charge in [0.2, 0.25) is 0 Å². The molecule has 5 rings (SSSR count). The summed E-state index contributed by atoms with van der Waals surface area (Å²) in [5.41, 5.74) is 1.55. The van der Waals surface area contributed by atoms with Gasteiger partial charge in [0.25, 0.3) is 11.1 Å². The maximum atomic E-state index is 13.3.